The number of halogens is 3. The third-order valence-corrected chi connectivity index (χ3v) is 7.04. The number of aryl methyl sites for hydroxylation is 1. The van der Waals surface area contributed by atoms with Crippen molar-refractivity contribution in [1.29, 1.82) is 0 Å². The summed E-state index contributed by atoms with van der Waals surface area (Å²) in [6, 6.07) is 8.79. The molecule has 9 heteroatoms. The van der Waals surface area contributed by atoms with Crippen LogP contribution in [-0.2, 0) is 24.6 Å². The average molecular weight is 483 g/mol. The summed E-state index contributed by atoms with van der Waals surface area (Å²) in [5, 5.41) is 3.47. The van der Waals surface area contributed by atoms with E-state index in [2.05, 4.69) is 64.3 Å². The Bertz CT molecular complexity index is 1270. The molecule has 0 bridgehead atoms. The number of benzene rings is 1. The molecule has 0 fully saturated rings. The van der Waals surface area contributed by atoms with Crippen LogP contribution in [0.5, 0.6) is 0 Å². The highest BCUT2D eigenvalue weighted by molar-refractivity contribution is 5.70. The summed E-state index contributed by atoms with van der Waals surface area (Å²) in [7, 11) is 2.11. The molecular weight excluding hydrogens is 453 g/mol. The molecule has 1 aromatic carbocycles. The predicted octanol–water partition coefficient (Wildman–Crippen LogP) is 5.62. The molecule has 0 atom stereocenters. The van der Waals surface area contributed by atoms with Gasteiger partial charge in [0.1, 0.15) is 17.5 Å². The first-order valence-electron chi connectivity index (χ1n) is 11.8. The van der Waals surface area contributed by atoms with E-state index in [0.29, 0.717) is 24.6 Å². The van der Waals surface area contributed by atoms with E-state index in [1.807, 2.05) is 0 Å². The van der Waals surface area contributed by atoms with E-state index < -0.39 is 11.7 Å². The lowest BCUT2D eigenvalue weighted by atomic mass is 9.78. The van der Waals surface area contributed by atoms with Crippen LogP contribution in [0.15, 0.2) is 36.5 Å². The molecule has 0 radical (unpaired) electrons. The summed E-state index contributed by atoms with van der Waals surface area (Å²) in [6.07, 6.45) is -1.45. The van der Waals surface area contributed by atoms with Gasteiger partial charge in [0.15, 0.2) is 0 Å². The fourth-order valence-corrected chi connectivity index (χ4v) is 5.04. The molecule has 35 heavy (non-hydrogen) atoms. The number of nitrogens with zero attached hydrogens (tertiary/aromatic N) is 5. The van der Waals surface area contributed by atoms with Gasteiger partial charge in [-0.15, -0.1) is 0 Å². The lowest BCUT2D eigenvalue weighted by molar-refractivity contribution is -0.137. The monoisotopic (exact) mass is 482 g/mol. The largest absolute Gasteiger partial charge is 0.419 e. The van der Waals surface area contributed by atoms with Crippen molar-refractivity contribution in [2.75, 3.05) is 35.3 Å². The first kappa shape index (κ1) is 23.4. The topological polar surface area (TPSA) is 57.2 Å². The molecule has 0 amide bonds. The minimum absolute atomic E-state index is 0.0586. The summed E-state index contributed by atoms with van der Waals surface area (Å²) in [5.41, 5.74) is 4.50. The second kappa shape index (κ2) is 8.39. The fourth-order valence-electron chi connectivity index (χ4n) is 5.04. The van der Waals surface area contributed by atoms with Crippen LogP contribution >= 0.6 is 0 Å². The molecule has 5 rings (SSSR count). The Morgan fingerprint density at radius 2 is 1.89 bits per heavy atom. The van der Waals surface area contributed by atoms with Gasteiger partial charge in [0.05, 0.1) is 17.8 Å². The van der Waals surface area contributed by atoms with E-state index in [0.717, 1.165) is 36.0 Å². The maximum atomic E-state index is 13.6. The van der Waals surface area contributed by atoms with E-state index in [9.17, 15) is 13.2 Å². The van der Waals surface area contributed by atoms with Gasteiger partial charge in [0, 0.05) is 43.3 Å². The second-order valence-electron chi connectivity index (χ2n) is 10.0. The number of hydrogen-bond donors (Lipinski definition) is 1. The van der Waals surface area contributed by atoms with Crippen molar-refractivity contribution >= 4 is 23.0 Å². The molecular formula is C26H29F3N6. The number of fused-ring (bicyclic) bond motifs is 2. The SMILES string of the molecule is Cc1nc2c(c(Nc3ccc4c(c3)N(C)CCC4(C)C)n1)CCN(c1ncccc1C(F)(F)F)C2. The Labute approximate surface area is 203 Å². The Morgan fingerprint density at radius 1 is 1.09 bits per heavy atom. The number of alkyl halides is 3. The standard InChI is InChI=1S/C26H29F3N6/c1-16-31-21-15-35(24-20(26(27,28)29)6-5-11-30-24)12-9-18(21)23(32-16)33-17-7-8-19-22(14-17)34(4)13-10-25(19,2)3/h5-8,11,14H,9-10,12-13,15H2,1-4H3,(H,31,32,33). The van der Waals surface area contributed by atoms with Crippen LogP contribution in [0.1, 0.15) is 48.5 Å². The molecule has 0 aliphatic carbocycles. The lowest BCUT2D eigenvalue weighted by Crippen LogP contribution is -2.35. The van der Waals surface area contributed by atoms with Gasteiger partial charge >= 0.3 is 6.18 Å². The summed E-state index contributed by atoms with van der Waals surface area (Å²) in [4.78, 5) is 17.2. The van der Waals surface area contributed by atoms with Crippen LogP contribution in [0.25, 0.3) is 0 Å². The van der Waals surface area contributed by atoms with Gasteiger partial charge in [-0.2, -0.15) is 13.2 Å². The van der Waals surface area contributed by atoms with Crippen molar-refractivity contribution in [2.24, 2.45) is 0 Å². The smallest absolute Gasteiger partial charge is 0.374 e. The minimum atomic E-state index is -4.47. The van der Waals surface area contributed by atoms with Crippen molar-refractivity contribution in [3.05, 3.63) is 64.7 Å². The van der Waals surface area contributed by atoms with Crippen LogP contribution in [0.2, 0.25) is 0 Å². The summed E-state index contributed by atoms with van der Waals surface area (Å²) in [6.45, 7) is 7.98. The highest BCUT2D eigenvalue weighted by Gasteiger charge is 2.37. The highest BCUT2D eigenvalue weighted by Crippen LogP contribution is 2.41. The van der Waals surface area contributed by atoms with Gasteiger partial charge in [-0.1, -0.05) is 19.9 Å². The molecule has 3 aromatic rings. The molecule has 0 saturated heterocycles. The third-order valence-electron chi connectivity index (χ3n) is 7.04. The molecule has 184 valence electrons. The van der Waals surface area contributed by atoms with Crippen LogP contribution < -0.4 is 15.1 Å². The minimum Gasteiger partial charge on any atom is -0.374 e. The normalized spacial score (nSPS) is 17.1. The Balaban J connectivity index is 1.46. The number of rotatable bonds is 3. The number of aromatic nitrogens is 3. The predicted molar refractivity (Wildman–Crippen MR) is 131 cm³/mol. The first-order chi connectivity index (χ1) is 16.5. The molecule has 4 heterocycles. The Kier molecular flexibility index (Phi) is 5.61. The third kappa shape index (κ3) is 4.39. The first-order valence-corrected chi connectivity index (χ1v) is 11.8. The number of pyridine rings is 1. The summed E-state index contributed by atoms with van der Waals surface area (Å²) < 4.78 is 40.7. The van der Waals surface area contributed by atoms with E-state index in [1.54, 1.807) is 11.8 Å². The van der Waals surface area contributed by atoms with Crippen LogP contribution in [0, 0.1) is 6.92 Å². The lowest BCUT2D eigenvalue weighted by Gasteiger charge is -2.38. The van der Waals surface area contributed by atoms with Crippen molar-refractivity contribution in [1.82, 2.24) is 15.0 Å². The van der Waals surface area contributed by atoms with Crippen molar-refractivity contribution in [3.63, 3.8) is 0 Å². The van der Waals surface area contributed by atoms with E-state index >= 15 is 0 Å². The highest BCUT2D eigenvalue weighted by atomic mass is 19.4. The van der Waals surface area contributed by atoms with Crippen LogP contribution in [0.3, 0.4) is 0 Å². The maximum absolute atomic E-state index is 13.6. The van der Waals surface area contributed by atoms with Gasteiger partial charge < -0.3 is 15.1 Å². The molecule has 0 unspecified atom stereocenters. The molecule has 2 aromatic heterocycles. The van der Waals surface area contributed by atoms with Gasteiger partial charge in [-0.3, -0.25) is 0 Å². The van der Waals surface area contributed by atoms with E-state index in [-0.39, 0.29) is 17.8 Å². The second-order valence-corrected chi connectivity index (χ2v) is 10.0. The van der Waals surface area contributed by atoms with Crippen LogP contribution in [-0.4, -0.2) is 35.1 Å². The number of nitrogens with one attached hydrogen (secondary N) is 1. The number of hydrogen-bond acceptors (Lipinski definition) is 6. The zero-order chi connectivity index (χ0) is 25.0. The van der Waals surface area contributed by atoms with Crippen LogP contribution in [0.4, 0.5) is 36.2 Å². The zero-order valence-electron chi connectivity index (χ0n) is 20.4. The molecule has 0 spiro atoms. The van der Waals surface area contributed by atoms with E-state index in [1.165, 1.54) is 23.5 Å². The van der Waals surface area contributed by atoms with E-state index in [4.69, 9.17) is 0 Å². The molecule has 2 aliphatic rings. The quantitative estimate of drug-likeness (QED) is 0.523. The Morgan fingerprint density at radius 3 is 2.66 bits per heavy atom. The molecule has 2 aliphatic heterocycles. The zero-order valence-corrected chi connectivity index (χ0v) is 20.4. The van der Waals surface area contributed by atoms with Gasteiger partial charge in [-0.25, -0.2) is 15.0 Å². The van der Waals surface area contributed by atoms with Crippen molar-refractivity contribution in [2.45, 2.75) is 51.7 Å². The van der Waals surface area contributed by atoms with Gasteiger partial charge in [0.25, 0.3) is 0 Å². The molecule has 6 nitrogen and oxygen atoms in total. The van der Waals surface area contributed by atoms with Gasteiger partial charge in [0.2, 0.25) is 0 Å². The van der Waals surface area contributed by atoms with Crippen molar-refractivity contribution < 1.29 is 13.2 Å². The average Bonchev–Trinajstić information content (AvgIpc) is 2.80. The summed E-state index contributed by atoms with van der Waals surface area (Å²) >= 11 is 0. The molecule has 0 saturated carbocycles. The summed E-state index contributed by atoms with van der Waals surface area (Å²) in [5.74, 6) is 1.22. The maximum Gasteiger partial charge on any atom is 0.419 e. The molecule has 1 N–H and O–H groups in total. The number of anilines is 4. The van der Waals surface area contributed by atoms with Crippen molar-refractivity contribution in [3.8, 4) is 0 Å². The van der Waals surface area contributed by atoms with Gasteiger partial charge in [-0.05, 0) is 55.0 Å². The fraction of sp³-hybridized carbons (Fsp3) is 0.423. The Hall–Kier alpha value is -3.36.